The first kappa shape index (κ1) is 17.7. The molecule has 0 unspecified atom stereocenters. The molecule has 2 N–H and O–H groups in total. The fraction of sp³-hybridized carbons (Fsp3) is 0.308. The number of hydrogen-bond donors (Lipinski definition) is 2. The molecule has 0 bridgehead atoms. The lowest BCUT2D eigenvalue weighted by molar-refractivity contribution is 0.795. The van der Waals surface area contributed by atoms with Gasteiger partial charge in [-0.15, -0.1) is 0 Å². The van der Waals surface area contributed by atoms with Gasteiger partial charge in [0.1, 0.15) is 11.6 Å². The number of benzene rings is 2. The molecule has 2 heterocycles. The van der Waals surface area contributed by atoms with Crippen LogP contribution in [0.5, 0.6) is 0 Å². The molecule has 2 aliphatic rings. The van der Waals surface area contributed by atoms with Crippen molar-refractivity contribution < 1.29 is 0 Å². The van der Waals surface area contributed by atoms with Crippen LogP contribution in [0.25, 0.3) is 33.6 Å². The Kier molecular flexibility index (Phi) is 3.79. The van der Waals surface area contributed by atoms with E-state index in [1.807, 2.05) is 19.3 Å². The van der Waals surface area contributed by atoms with E-state index in [9.17, 15) is 0 Å². The maximum absolute atomic E-state index is 4.58. The number of aromatic nitrogens is 4. The Bertz CT molecular complexity index is 1240. The van der Waals surface area contributed by atoms with Crippen LogP contribution in [0.2, 0.25) is 0 Å². The van der Waals surface area contributed by atoms with E-state index >= 15 is 0 Å². The Morgan fingerprint density at radius 3 is 1.57 bits per heavy atom. The lowest BCUT2D eigenvalue weighted by Gasteiger charge is -2.30. The number of aryl methyl sites for hydroxylation is 5. The first-order valence-electron chi connectivity index (χ1n) is 11.0. The molecule has 150 valence electrons. The van der Waals surface area contributed by atoms with Crippen LogP contribution in [-0.2, 0) is 25.7 Å². The zero-order valence-electron chi connectivity index (χ0n) is 17.8. The highest BCUT2D eigenvalue weighted by molar-refractivity contribution is 5.85. The summed E-state index contributed by atoms with van der Waals surface area (Å²) in [5.41, 5.74) is 13.8. The Morgan fingerprint density at radius 1 is 0.700 bits per heavy atom. The van der Waals surface area contributed by atoms with Crippen molar-refractivity contribution in [2.45, 2.75) is 52.4 Å². The van der Waals surface area contributed by atoms with Crippen LogP contribution in [0.3, 0.4) is 0 Å². The summed E-state index contributed by atoms with van der Waals surface area (Å²) >= 11 is 0. The number of aromatic amines is 2. The fourth-order valence-electron chi connectivity index (χ4n) is 5.16. The smallest absolute Gasteiger partial charge is 0.109 e. The average Bonchev–Trinajstić information content (AvgIpc) is 3.41. The normalized spacial score (nSPS) is 14.3. The van der Waals surface area contributed by atoms with Crippen LogP contribution in [0.4, 0.5) is 0 Å². The van der Waals surface area contributed by atoms with Gasteiger partial charge in [-0.05, 0) is 90.3 Å². The average molecular weight is 395 g/mol. The summed E-state index contributed by atoms with van der Waals surface area (Å²) in [6.07, 6.45) is 8.33. The van der Waals surface area contributed by atoms with Crippen molar-refractivity contribution in [2.75, 3.05) is 0 Å². The van der Waals surface area contributed by atoms with E-state index in [1.165, 1.54) is 44.5 Å². The van der Waals surface area contributed by atoms with Gasteiger partial charge >= 0.3 is 0 Å². The zero-order chi connectivity index (χ0) is 20.4. The molecule has 0 aliphatic heterocycles. The maximum Gasteiger partial charge on any atom is 0.109 e. The standard InChI is InChI=1S/C26H26N4/c1-14(2)26-28-13-23(30-26)21-10-18-6-4-16-8-20(22-12-27-15(3)29-22)9-17-5-7-19(11-21)25(18)24(16)17/h8-14H,4-7H2,1-3H3,(H,27,29)(H,28,30). The predicted octanol–water partition coefficient (Wildman–Crippen LogP) is 5.76. The molecule has 2 aromatic carbocycles. The van der Waals surface area contributed by atoms with Crippen LogP contribution in [-0.4, -0.2) is 19.9 Å². The van der Waals surface area contributed by atoms with Crippen LogP contribution >= 0.6 is 0 Å². The van der Waals surface area contributed by atoms with Gasteiger partial charge in [-0.25, -0.2) is 9.97 Å². The summed E-state index contributed by atoms with van der Waals surface area (Å²) in [5.74, 6) is 2.44. The molecule has 2 aliphatic carbocycles. The molecule has 4 nitrogen and oxygen atoms in total. The third-order valence-electron chi connectivity index (χ3n) is 6.65. The van der Waals surface area contributed by atoms with Crippen molar-refractivity contribution in [2.24, 2.45) is 0 Å². The highest BCUT2D eigenvalue weighted by Crippen LogP contribution is 2.45. The first-order valence-corrected chi connectivity index (χ1v) is 11.0. The largest absolute Gasteiger partial charge is 0.342 e. The molecular formula is C26H26N4. The van der Waals surface area contributed by atoms with Gasteiger partial charge in [-0.3, -0.25) is 0 Å². The second-order valence-electron chi connectivity index (χ2n) is 9.06. The van der Waals surface area contributed by atoms with Crippen LogP contribution in [0.1, 0.15) is 53.7 Å². The molecule has 2 aromatic heterocycles. The van der Waals surface area contributed by atoms with Crippen molar-refractivity contribution in [3.63, 3.8) is 0 Å². The molecule has 6 rings (SSSR count). The molecule has 4 heteroatoms. The van der Waals surface area contributed by atoms with Crippen molar-refractivity contribution in [1.82, 2.24) is 19.9 Å². The highest BCUT2D eigenvalue weighted by atomic mass is 14.9. The number of H-pyrrole nitrogens is 2. The maximum atomic E-state index is 4.58. The molecule has 0 radical (unpaired) electrons. The molecule has 0 fully saturated rings. The molecule has 4 aromatic rings. The number of rotatable bonds is 3. The lowest BCUT2D eigenvalue weighted by atomic mass is 9.74. The zero-order valence-corrected chi connectivity index (χ0v) is 17.8. The second kappa shape index (κ2) is 6.43. The molecule has 0 saturated carbocycles. The van der Waals surface area contributed by atoms with Gasteiger partial charge in [-0.2, -0.15) is 0 Å². The van der Waals surface area contributed by atoms with Gasteiger partial charge in [0.15, 0.2) is 0 Å². The molecular weight excluding hydrogens is 368 g/mol. The van der Waals surface area contributed by atoms with Gasteiger partial charge in [0.05, 0.1) is 23.8 Å². The summed E-state index contributed by atoms with van der Waals surface area (Å²) in [7, 11) is 0. The van der Waals surface area contributed by atoms with E-state index in [2.05, 4.69) is 58.0 Å². The molecule has 0 saturated heterocycles. The number of imidazole rings is 2. The van der Waals surface area contributed by atoms with E-state index in [-0.39, 0.29) is 0 Å². The van der Waals surface area contributed by atoms with Gasteiger partial charge in [0.25, 0.3) is 0 Å². The number of nitrogens with one attached hydrogen (secondary N) is 2. The van der Waals surface area contributed by atoms with Gasteiger partial charge in [0, 0.05) is 17.0 Å². The molecule has 0 amide bonds. The van der Waals surface area contributed by atoms with Gasteiger partial charge < -0.3 is 9.97 Å². The molecule has 30 heavy (non-hydrogen) atoms. The summed E-state index contributed by atoms with van der Waals surface area (Å²) in [6.45, 7) is 6.36. The third-order valence-corrected chi connectivity index (χ3v) is 6.65. The monoisotopic (exact) mass is 394 g/mol. The quantitative estimate of drug-likeness (QED) is 0.464. The summed E-state index contributed by atoms with van der Waals surface area (Å²) in [6, 6.07) is 9.53. The summed E-state index contributed by atoms with van der Waals surface area (Å²) in [4.78, 5) is 15.9. The van der Waals surface area contributed by atoms with E-state index in [0.29, 0.717) is 5.92 Å². The fourth-order valence-corrected chi connectivity index (χ4v) is 5.16. The van der Waals surface area contributed by atoms with E-state index < -0.39 is 0 Å². The first-order chi connectivity index (χ1) is 14.6. The SMILES string of the molecule is Cc1ncc(-c2cc3c4c(c2)CCc2cc(-c5cnc(C(C)C)[nH]5)cc(c2-4)CC3)[nH]1. The van der Waals surface area contributed by atoms with Crippen LogP contribution in [0, 0.1) is 6.92 Å². The Balaban J connectivity index is 1.47. The highest BCUT2D eigenvalue weighted by Gasteiger charge is 2.27. The van der Waals surface area contributed by atoms with Gasteiger partial charge in [-0.1, -0.05) is 13.8 Å². The Labute approximate surface area is 176 Å². The van der Waals surface area contributed by atoms with Gasteiger partial charge in [0.2, 0.25) is 0 Å². The number of hydrogen-bond acceptors (Lipinski definition) is 2. The Morgan fingerprint density at radius 2 is 1.17 bits per heavy atom. The molecule has 0 spiro atoms. The van der Waals surface area contributed by atoms with Crippen LogP contribution < -0.4 is 0 Å². The van der Waals surface area contributed by atoms with Crippen molar-refractivity contribution >= 4 is 0 Å². The van der Waals surface area contributed by atoms with E-state index in [0.717, 1.165) is 48.7 Å². The van der Waals surface area contributed by atoms with E-state index in [4.69, 9.17) is 0 Å². The van der Waals surface area contributed by atoms with Crippen molar-refractivity contribution in [1.29, 1.82) is 0 Å². The topological polar surface area (TPSA) is 57.4 Å². The van der Waals surface area contributed by atoms with Crippen molar-refractivity contribution in [3.8, 4) is 33.6 Å². The third kappa shape index (κ3) is 2.67. The number of nitrogens with zero attached hydrogens (tertiary/aromatic N) is 2. The predicted molar refractivity (Wildman–Crippen MR) is 121 cm³/mol. The molecule has 0 atom stereocenters. The minimum absolute atomic E-state index is 0.414. The summed E-state index contributed by atoms with van der Waals surface area (Å²) in [5, 5.41) is 0. The minimum atomic E-state index is 0.414. The summed E-state index contributed by atoms with van der Waals surface area (Å²) < 4.78 is 0. The van der Waals surface area contributed by atoms with E-state index in [1.54, 1.807) is 0 Å². The Hall–Kier alpha value is -3.14. The minimum Gasteiger partial charge on any atom is -0.342 e. The van der Waals surface area contributed by atoms with Crippen molar-refractivity contribution in [3.05, 3.63) is 70.6 Å². The van der Waals surface area contributed by atoms with Crippen LogP contribution in [0.15, 0.2) is 36.7 Å². The lowest BCUT2D eigenvalue weighted by Crippen LogP contribution is -2.14. The second-order valence-corrected chi connectivity index (χ2v) is 9.06.